The Hall–Kier alpha value is -8.37. The number of thiazole rings is 3. The van der Waals surface area contributed by atoms with E-state index in [0.29, 0.717) is 38.6 Å². The number of nitrogens with one attached hydrogen (secondary N) is 3. The molecule has 2 atom stereocenters. The van der Waals surface area contributed by atoms with E-state index < -0.39 is 64.4 Å². The second kappa shape index (κ2) is 25.3. The Labute approximate surface area is 414 Å². The number of carboxylic acids is 3. The van der Waals surface area contributed by atoms with Gasteiger partial charge >= 0.3 is 17.9 Å². The van der Waals surface area contributed by atoms with Gasteiger partial charge in [-0.15, -0.1) is 0 Å². The summed E-state index contributed by atoms with van der Waals surface area (Å²) in [4.78, 5) is 81.6. The second-order valence-corrected chi connectivity index (χ2v) is 18.7. The number of hydrogen-bond acceptors (Lipinski definition) is 15. The molecule has 6 aromatic rings. The normalized spacial score (nSPS) is 11.3. The van der Waals surface area contributed by atoms with E-state index >= 15 is 0 Å². The Kier molecular flexibility index (Phi) is 19.7. The number of aromatic nitrogens is 3. The zero-order valence-electron chi connectivity index (χ0n) is 37.7. The lowest BCUT2D eigenvalue weighted by Gasteiger charge is -2.20. The highest BCUT2D eigenvalue weighted by atomic mass is 32.1. The average Bonchev–Trinajstić information content (AvgIpc) is 4.05. The molecule has 71 heavy (non-hydrogen) atoms. The summed E-state index contributed by atoms with van der Waals surface area (Å²) in [5.74, 6) is -6.90. The summed E-state index contributed by atoms with van der Waals surface area (Å²) in [5.41, 5.74) is 1.61. The van der Waals surface area contributed by atoms with Crippen LogP contribution in [0.1, 0.15) is 68.0 Å². The summed E-state index contributed by atoms with van der Waals surface area (Å²) < 4.78 is 39.0. The van der Waals surface area contributed by atoms with Gasteiger partial charge in [0.1, 0.15) is 67.4 Å². The van der Waals surface area contributed by atoms with Gasteiger partial charge in [0.05, 0.1) is 18.3 Å². The first kappa shape index (κ1) is 55.2. The third kappa shape index (κ3) is 16.4. The van der Waals surface area contributed by atoms with Crippen molar-refractivity contribution in [3.05, 3.63) is 105 Å². The number of benzene rings is 3. The SMILES string of the molecule is CC(C)(CC(=O)O)C(=O)Nc1nc(-c2ccc(F)cc2)c(C#N)s1.CC(CC(=O)O)C(=O)Nc1nc(-c2ccc(F)cc2)c(C#N)s1.CC(CCC(=O)O)C(=O)Nc1nc(-c2ccc(F)cc2)c(C#N)s1. The van der Waals surface area contributed by atoms with E-state index in [1.165, 1.54) is 93.6 Å². The van der Waals surface area contributed by atoms with E-state index in [0.717, 1.165) is 34.0 Å². The fourth-order valence-corrected chi connectivity index (χ4v) is 8.12. The summed E-state index contributed by atoms with van der Waals surface area (Å²) in [6.45, 7) is 6.13. The van der Waals surface area contributed by atoms with Crippen molar-refractivity contribution in [3.63, 3.8) is 0 Å². The van der Waals surface area contributed by atoms with Crippen molar-refractivity contribution in [1.29, 1.82) is 15.8 Å². The number of amides is 3. The molecule has 2 unspecified atom stereocenters. The summed E-state index contributed by atoms with van der Waals surface area (Å²) in [5, 5.41) is 62.1. The highest BCUT2D eigenvalue weighted by molar-refractivity contribution is 7.17. The maximum absolute atomic E-state index is 13.0. The van der Waals surface area contributed by atoms with Crippen molar-refractivity contribution < 1.29 is 57.3 Å². The maximum atomic E-state index is 13.0. The topological polar surface area (TPSA) is 309 Å². The predicted octanol–water partition coefficient (Wildman–Crippen LogP) is 9.39. The number of halogens is 3. The highest BCUT2D eigenvalue weighted by Crippen LogP contribution is 2.34. The molecule has 0 aliphatic carbocycles. The van der Waals surface area contributed by atoms with Crippen LogP contribution in [0.15, 0.2) is 72.8 Å². The Morgan fingerprint density at radius 3 is 1.21 bits per heavy atom. The largest absolute Gasteiger partial charge is 0.481 e. The quantitative estimate of drug-likeness (QED) is 0.0526. The van der Waals surface area contributed by atoms with Crippen molar-refractivity contribution >= 4 is 85.0 Å². The molecule has 0 aliphatic rings. The average molecular weight is 1030 g/mol. The van der Waals surface area contributed by atoms with Crippen LogP contribution in [0.4, 0.5) is 28.6 Å². The number of carbonyl (C=O) groups is 6. The van der Waals surface area contributed by atoms with Crippen LogP contribution in [0.25, 0.3) is 33.8 Å². The summed E-state index contributed by atoms with van der Waals surface area (Å²) in [7, 11) is 0. The highest BCUT2D eigenvalue weighted by Gasteiger charge is 2.31. The Morgan fingerprint density at radius 1 is 0.563 bits per heavy atom. The van der Waals surface area contributed by atoms with Gasteiger partial charge in [-0.3, -0.25) is 28.8 Å². The van der Waals surface area contributed by atoms with E-state index in [9.17, 15) is 52.5 Å². The lowest BCUT2D eigenvalue weighted by molar-refractivity contribution is -0.142. The molecular formula is C47H40F3N9O9S3. The first-order valence-corrected chi connectivity index (χ1v) is 23.1. The molecule has 3 aromatic carbocycles. The van der Waals surface area contributed by atoms with Crippen LogP contribution in [0.5, 0.6) is 0 Å². The number of rotatable bonds is 16. The summed E-state index contributed by atoms with van der Waals surface area (Å²) in [6, 6.07) is 22.5. The molecule has 3 aromatic heterocycles. The van der Waals surface area contributed by atoms with Crippen molar-refractivity contribution in [3.8, 4) is 52.0 Å². The molecule has 0 saturated heterocycles. The zero-order chi connectivity index (χ0) is 52.6. The molecule has 0 radical (unpaired) electrons. The van der Waals surface area contributed by atoms with Crippen LogP contribution in [0, 0.1) is 68.7 Å². The van der Waals surface area contributed by atoms with E-state index in [-0.39, 0.29) is 56.7 Å². The number of hydrogen-bond donors (Lipinski definition) is 6. The molecule has 366 valence electrons. The first-order chi connectivity index (χ1) is 33.5. The molecule has 24 heteroatoms. The molecule has 0 fully saturated rings. The summed E-state index contributed by atoms with van der Waals surface area (Å²) in [6.07, 6.45) is -0.521. The lowest BCUT2D eigenvalue weighted by Crippen LogP contribution is -2.32. The minimum Gasteiger partial charge on any atom is -0.481 e. The van der Waals surface area contributed by atoms with Crippen LogP contribution in [-0.2, 0) is 28.8 Å². The molecule has 6 rings (SSSR count). The van der Waals surface area contributed by atoms with Crippen molar-refractivity contribution in [2.45, 2.75) is 53.4 Å². The Morgan fingerprint density at radius 2 is 0.901 bits per heavy atom. The van der Waals surface area contributed by atoms with E-state index in [1.807, 2.05) is 18.2 Å². The lowest BCUT2D eigenvalue weighted by atomic mass is 9.88. The van der Waals surface area contributed by atoms with E-state index in [1.54, 1.807) is 6.92 Å². The Bertz CT molecular complexity index is 3050. The molecule has 6 N–H and O–H groups in total. The maximum Gasteiger partial charge on any atom is 0.304 e. The first-order valence-electron chi connectivity index (χ1n) is 20.6. The van der Waals surface area contributed by atoms with Gasteiger partial charge in [-0.25, -0.2) is 28.1 Å². The minimum atomic E-state index is -1.12. The van der Waals surface area contributed by atoms with Crippen molar-refractivity contribution in [1.82, 2.24) is 15.0 Å². The number of carboxylic acid groups (broad SMARTS) is 3. The smallest absolute Gasteiger partial charge is 0.304 e. The summed E-state index contributed by atoms with van der Waals surface area (Å²) >= 11 is 2.97. The third-order valence-electron chi connectivity index (χ3n) is 9.59. The molecule has 0 aliphatic heterocycles. The van der Waals surface area contributed by atoms with Gasteiger partial charge in [0, 0.05) is 34.9 Å². The van der Waals surface area contributed by atoms with Crippen LogP contribution in [0.2, 0.25) is 0 Å². The molecule has 0 spiro atoms. The van der Waals surface area contributed by atoms with Crippen LogP contribution in [0.3, 0.4) is 0 Å². The molecule has 18 nitrogen and oxygen atoms in total. The van der Waals surface area contributed by atoms with E-state index in [2.05, 4.69) is 30.9 Å². The van der Waals surface area contributed by atoms with Crippen molar-refractivity contribution in [2.24, 2.45) is 17.3 Å². The molecule has 3 amide bonds. The van der Waals surface area contributed by atoms with E-state index in [4.69, 9.17) is 20.6 Å². The molecule has 0 saturated carbocycles. The number of nitriles is 3. The number of aliphatic carboxylic acids is 3. The zero-order valence-corrected chi connectivity index (χ0v) is 40.2. The molecule has 3 heterocycles. The predicted molar refractivity (Wildman–Crippen MR) is 256 cm³/mol. The standard InChI is InChI=1S/2C16H14FN3O3S.C15H12FN3O3S/c1-16(2,7-12(21)22)14(23)20-15-19-13(11(8-18)24-15)9-3-5-10(17)6-4-9;1-9(2-7-13(21)22)15(23)20-16-19-14(12(8-18)24-16)10-3-5-11(17)6-4-10;1-8(6-12(20)21)14(22)19-15-18-13(11(7-17)23-15)9-2-4-10(16)5-3-9/h3-6H,7H2,1-2H3,(H,21,22)(H,19,20,23);3-6,9H,2,7H2,1H3,(H,21,22)(H,19,20,23);2-5,8H,6H2,1H3,(H,20,21)(H,18,19,22). The van der Waals surface area contributed by atoms with Crippen LogP contribution < -0.4 is 16.0 Å². The Balaban J connectivity index is 0.000000231. The second-order valence-electron chi connectivity index (χ2n) is 15.7. The van der Waals surface area contributed by atoms with Gasteiger partial charge in [0.15, 0.2) is 15.4 Å². The van der Waals surface area contributed by atoms with Gasteiger partial charge < -0.3 is 31.3 Å². The van der Waals surface area contributed by atoms with Gasteiger partial charge in [0.25, 0.3) is 0 Å². The monoisotopic (exact) mass is 1030 g/mol. The van der Waals surface area contributed by atoms with Crippen LogP contribution >= 0.6 is 34.0 Å². The number of anilines is 3. The van der Waals surface area contributed by atoms with Crippen LogP contribution in [-0.4, -0.2) is 65.9 Å². The minimum absolute atomic E-state index is 0.100. The molecule has 0 bridgehead atoms. The third-order valence-corrected chi connectivity index (χ3v) is 12.2. The fraction of sp³-hybridized carbons (Fsp3) is 0.234. The fourth-order valence-electron chi connectivity index (χ4n) is 5.77. The van der Waals surface area contributed by atoms with Gasteiger partial charge in [0.2, 0.25) is 17.7 Å². The van der Waals surface area contributed by atoms with Gasteiger partial charge in [-0.1, -0.05) is 61.7 Å². The van der Waals surface area contributed by atoms with Gasteiger partial charge in [-0.2, -0.15) is 15.8 Å². The molecular weight excluding hydrogens is 988 g/mol. The number of nitrogens with zero attached hydrogens (tertiary/aromatic N) is 6. The number of carbonyl (C=O) groups excluding carboxylic acids is 3. The van der Waals surface area contributed by atoms with Crippen molar-refractivity contribution in [2.75, 3.05) is 16.0 Å². The van der Waals surface area contributed by atoms with Gasteiger partial charge in [-0.05, 0) is 79.2 Å².